The van der Waals surface area contributed by atoms with Crippen molar-refractivity contribution in [3.63, 3.8) is 0 Å². The first-order chi connectivity index (χ1) is 10.8. The number of aromatic nitrogens is 5. The van der Waals surface area contributed by atoms with Gasteiger partial charge in [0.15, 0.2) is 5.65 Å². The molecule has 3 heterocycles. The van der Waals surface area contributed by atoms with Crippen molar-refractivity contribution in [2.45, 2.75) is 13.5 Å². The van der Waals surface area contributed by atoms with Gasteiger partial charge in [-0.2, -0.15) is 8.75 Å². The van der Waals surface area contributed by atoms with E-state index in [4.69, 9.17) is 0 Å². The molecule has 0 aliphatic heterocycles. The van der Waals surface area contributed by atoms with Gasteiger partial charge in [-0.05, 0) is 36.8 Å². The van der Waals surface area contributed by atoms with E-state index in [0.717, 1.165) is 27.8 Å². The fourth-order valence-electron chi connectivity index (χ4n) is 2.33. The Bertz CT molecular complexity index is 964. The van der Waals surface area contributed by atoms with Crippen molar-refractivity contribution in [2.24, 2.45) is 0 Å². The lowest BCUT2D eigenvalue weighted by Gasteiger charge is -2.09. The monoisotopic (exact) mass is 308 g/mol. The maximum Gasteiger partial charge on any atom is 0.164 e. The van der Waals surface area contributed by atoms with Crippen LogP contribution in [-0.4, -0.2) is 23.7 Å². The third-order valence-corrected chi connectivity index (χ3v) is 3.92. The van der Waals surface area contributed by atoms with Crippen LogP contribution in [0.15, 0.2) is 36.5 Å². The second kappa shape index (κ2) is 5.27. The third-order valence-electron chi connectivity index (χ3n) is 3.36. The molecule has 0 saturated carbocycles. The van der Waals surface area contributed by atoms with E-state index in [2.05, 4.69) is 29.0 Å². The molecule has 108 valence electrons. The van der Waals surface area contributed by atoms with E-state index in [1.165, 1.54) is 11.7 Å². The molecule has 0 saturated heterocycles. The van der Waals surface area contributed by atoms with Gasteiger partial charge in [0.05, 0.1) is 17.1 Å². The molecule has 4 aromatic rings. The quantitative estimate of drug-likeness (QED) is 0.627. The second-order valence-corrected chi connectivity index (χ2v) is 5.46. The van der Waals surface area contributed by atoms with Gasteiger partial charge in [-0.1, -0.05) is 6.07 Å². The average Bonchev–Trinajstić information content (AvgIpc) is 3.00. The summed E-state index contributed by atoms with van der Waals surface area (Å²) >= 11 is 1.23. The zero-order valence-electron chi connectivity index (χ0n) is 11.8. The van der Waals surface area contributed by atoms with Crippen molar-refractivity contribution in [1.82, 2.24) is 23.7 Å². The fourth-order valence-corrected chi connectivity index (χ4v) is 2.85. The van der Waals surface area contributed by atoms with Crippen molar-refractivity contribution >= 4 is 39.6 Å². The largest absolute Gasteiger partial charge is 0.365 e. The highest BCUT2D eigenvalue weighted by Gasteiger charge is 2.06. The molecule has 22 heavy (non-hydrogen) atoms. The summed E-state index contributed by atoms with van der Waals surface area (Å²) in [4.78, 5) is 13.1. The fraction of sp³-hybridized carbons (Fsp3) is 0.133. The first-order valence-electron chi connectivity index (χ1n) is 6.84. The highest BCUT2D eigenvalue weighted by Crippen LogP contribution is 2.20. The number of benzene rings is 1. The van der Waals surface area contributed by atoms with Crippen LogP contribution in [0.25, 0.3) is 22.1 Å². The van der Waals surface area contributed by atoms with Gasteiger partial charge in [-0.15, -0.1) is 0 Å². The number of hydrogen-bond acceptors (Lipinski definition) is 7. The van der Waals surface area contributed by atoms with Crippen LogP contribution in [0.1, 0.15) is 11.4 Å². The molecule has 0 unspecified atom stereocenters. The van der Waals surface area contributed by atoms with Crippen LogP contribution in [0.4, 0.5) is 5.82 Å². The Balaban J connectivity index is 1.65. The normalized spacial score (nSPS) is 11.1. The Labute approximate surface area is 130 Å². The Hall–Kier alpha value is -2.67. The number of fused-ring (bicyclic) bond motifs is 2. The summed E-state index contributed by atoms with van der Waals surface area (Å²) in [5.41, 5.74) is 3.70. The highest BCUT2D eigenvalue weighted by molar-refractivity contribution is 7.00. The van der Waals surface area contributed by atoms with Crippen molar-refractivity contribution < 1.29 is 0 Å². The minimum absolute atomic E-state index is 0.661. The summed E-state index contributed by atoms with van der Waals surface area (Å²) < 4.78 is 8.48. The maximum absolute atomic E-state index is 4.48. The van der Waals surface area contributed by atoms with Gasteiger partial charge in [0.25, 0.3) is 0 Å². The van der Waals surface area contributed by atoms with E-state index in [-0.39, 0.29) is 0 Å². The molecule has 0 aliphatic rings. The first-order valence-corrected chi connectivity index (χ1v) is 7.57. The predicted molar refractivity (Wildman–Crippen MR) is 86.8 cm³/mol. The number of aryl methyl sites for hydroxylation is 1. The predicted octanol–water partition coefficient (Wildman–Crippen LogP) is 2.95. The van der Waals surface area contributed by atoms with Crippen LogP contribution in [0, 0.1) is 6.92 Å². The number of pyridine rings is 1. The minimum atomic E-state index is 0.661. The van der Waals surface area contributed by atoms with Crippen LogP contribution >= 0.6 is 11.7 Å². The summed E-state index contributed by atoms with van der Waals surface area (Å²) in [6.45, 7) is 2.53. The van der Waals surface area contributed by atoms with Gasteiger partial charge >= 0.3 is 0 Å². The highest BCUT2D eigenvalue weighted by atomic mass is 32.1. The third kappa shape index (κ3) is 2.35. The number of hydrogen-bond donors (Lipinski definition) is 1. The smallest absolute Gasteiger partial charge is 0.164 e. The number of nitrogens with zero attached hydrogens (tertiary/aromatic N) is 5. The molecule has 3 aromatic heterocycles. The van der Waals surface area contributed by atoms with E-state index in [0.29, 0.717) is 18.0 Å². The summed E-state index contributed by atoms with van der Waals surface area (Å²) in [6.07, 6.45) is 1.74. The Morgan fingerprint density at radius 1 is 1.09 bits per heavy atom. The number of rotatable bonds is 3. The van der Waals surface area contributed by atoms with E-state index in [1.807, 2.05) is 37.3 Å². The van der Waals surface area contributed by atoms with E-state index < -0.39 is 0 Å². The van der Waals surface area contributed by atoms with Crippen molar-refractivity contribution in [1.29, 1.82) is 0 Å². The van der Waals surface area contributed by atoms with E-state index >= 15 is 0 Å². The summed E-state index contributed by atoms with van der Waals surface area (Å²) in [5, 5.41) is 4.29. The Morgan fingerprint density at radius 2 is 2.00 bits per heavy atom. The Morgan fingerprint density at radius 3 is 2.95 bits per heavy atom. The lowest BCUT2D eigenvalue weighted by atomic mass is 10.2. The van der Waals surface area contributed by atoms with E-state index in [1.54, 1.807) is 6.20 Å². The summed E-state index contributed by atoms with van der Waals surface area (Å²) in [5.74, 6) is 1.50. The molecule has 0 bridgehead atoms. The topological polar surface area (TPSA) is 76.5 Å². The summed E-state index contributed by atoms with van der Waals surface area (Å²) in [7, 11) is 0. The molecular formula is C15H12N6S. The first kappa shape index (κ1) is 13.0. The maximum atomic E-state index is 4.48. The molecule has 7 heteroatoms. The Kier molecular flexibility index (Phi) is 3.12. The van der Waals surface area contributed by atoms with Gasteiger partial charge in [0.2, 0.25) is 0 Å². The zero-order valence-corrected chi connectivity index (χ0v) is 12.6. The van der Waals surface area contributed by atoms with Crippen molar-refractivity contribution in [2.75, 3.05) is 5.32 Å². The lowest BCUT2D eigenvalue weighted by molar-refractivity contribution is 1.04. The number of anilines is 1. The molecular weight excluding hydrogens is 296 g/mol. The van der Waals surface area contributed by atoms with Crippen molar-refractivity contribution in [3.05, 3.63) is 47.9 Å². The average molecular weight is 308 g/mol. The van der Waals surface area contributed by atoms with E-state index in [9.17, 15) is 0 Å². The van der Waals surface area contributed by atoms with Crippen molar-refractivity contribution in [3.8, 4) is 0 Å². The van der Waals surface area contributed by atoms with Crippen LogP contribution in [0.2, 0.25) is 0 Å². The molecule has 1 N–H and O–H groups in total. The summed E-state index contributed by atoms with van der Waals surface area (Å²) in [6, 6.07) is 9.93. The standard InChI is InChI=1S/C15H12N6S/c1-9-18-14-11(3-2-6-16-14)15(19-9)17-8-10-4-5-12-13(7-10)21-22-20-12/h2-7H,8H2,1H3,(H,16,17,18,19). The zero-order chi connectivity index (χ0) is 14.9. The minimum Gasteiger partial charge on any atom is -0.365 e. The van der Waals surface area contributed by atoms with Crippen LogP contribution in [-0.2, 0) is 6.54 Å². The van der Waals surface area contributed by atoms with Gasteiger partial charge in [0, 0.05) is 12.7 Å². The molecule has 0 radical (unpaired) electrons. The van der Waals surface area contributed by atoms with Gasteiger partial charge in [-0.25, -0.2) is 15.0 Å². The molecule has 6 nitrogen and oxygen atoms in total. The molecule has 0 atom stereocenters. The van der Waals surface area contributed by atoms with Gasteiger partial charge in [0.1, 0.15) is 22.7 Å². The molecule has 0 amide bonds. The van der Waals surface area contributed by atoms with Gasteiger partial charge in [-0.3, -0.25) is 0 Å². The molecule has 0 aliphatic carbocycles. The molecule has 1 aromatic carbocycles. The second-order valence-electron chi connectivity index (χ2n) is 4.93. The van der Waals surface area contributed by atoms with Crippen LogP contribution < -0.4 is 5.32 Å². The van der Waals surface area contributed by atoms with Crippen LogP contribution in [0.3, 0.4) is 0 Å². The van der Waals surface area contributed by atoms with Crippen LogP contribution in [0.5, 0.6) is 0 Å². The number of nitrogens with one attached hydrogen (secondary N) is 1. The molecule has 4 rings (SSSR count). The lowest BCUT2D eigenvalue weighted by Crippen LogP contribution is -2.04. The SMILES string of the molecule is Cc1nc(NCc2ccc3nsnc3c2)c2cccnc2n1. The molecule has 0 spiro atoms. The molecule has 0 fully saturated rings. The van der Waals surface area contributed by atoms with Gasteiger partial charge < -0.3 is 5.32 Å².